The van der Waals surface area contributed by atoms with Crippen LogP contribution in [0.1, 0.15) is 24.3 Å². The number of imidazole rings is 1. The molecule has 1 fully saturated rings. The van der Waals surface area contributed by atoms with Gasteiger partial charge in [-0.3, -0.25) is 0 Å². The Balaban J connectivity index is 1.55. The van der Waals surface area contributed by atoms with Crippen molar-refractivity contribution in [1.29, 1.82) is 0 Å². The predicted octanol–water partition coefficient (Wildman–Crippen LogP) is 2.22. The van der Waals surface area contributed by atoms with E-state index in [1.807, 2.05) is 31.2 Å². The first-order valence-corrected chi connectivity index (χ1v) is 9.29. The van der Waals surface area contributed by atoms with Crippen molar-refractivity contribution in [3.63, 3.8) is 0 Å². The van der Waals surface area contributed by atoms with Crippen molar-refractivity contribution in [2.45, 2.75) is 32.4 Å². The van der Waals surface area contributed by atoms with Crippen molar-refractivity contribution in [3.05, 3.63) is 41.8 Å². The lowest BCUT2D eigenvalue weighted by Crippen LogP contribution is -2.41. The number of piperidine rings is 1. The van der Waals surface area contributed by atoms with Crippen LogP contribution < -0.4 is 11.1 Å². The van der Waals surface area contributed by atoms with Crippen LogP contribution in [0.2, 0.25) is 0 Å². The standard InChI is InChI=1S/C19H26N6O/c1-14-12-16(26-23-14)13-25-18-5-3-2-4-17(18)22-19(25)21-15-6-9-24(10-7-15)11-8-20/h2-5,12,15H,6-11,13,20H2,1H3,(H,21,22). The van der Waals surface area contributed by atoms with Crippen molar-refractivity contribution in [1.82, 2.24) is 19.6 Å². The van der Waals surface area contributed by atoms with Gasteiger partial charge in [0.2, 0.25) is 5.95 Å². The lowest BCUT2D eigenvalue weighted by atomic mass is 10.1. The zero-order valence-electron chi connectivity index (χ0n) is 15.2. The fourth-order valence-electron chi connectivity index (χ4n) is 3.66. The summed E-state index contributed by atoms with van der Waals surface area (Å²) >= 11 is 0. The molecule has 0 radical (unpaired) electrons. The molecular weight excluding hydrogens is 328 g/mol. The van der Waals surface area contributed by atoms with Crippen LogP contribution in [0.25, 0.3) is 11.0 Å². The third kappa shape index (κ3) is 3.59. The minimum atomic E-state index is 0.427. The van der Waals surface area contributed by atoms with Gasteiger partial charge in [0.25, 0.3) is 0 Å². The zero-order valence-corrected chi connectivity index (χ0v) is 15.2. The Hall–Kier alpha value is -2.38. The maximum absolute atomic E-state index is 5.67. The smallest absolute Gasteiger partial charge is 0.204 e. The molecule has 3 N–H and O–H groups in total. The average Bonchev–Trinajstić information content (AvgIpc) is 3.21. The van der Waals surface area contributed by atoms with Crippen LogP contribution in [-0.4, -0.2) is 51.8 Å². The fraction of sp³-hybridized carbons (Fsp3) is 0.474. The van der Waals surface area contributed by atoms with Crippen LogP contribution in [0.15, 0.2) is 34.9 Å². The Morgan fingerprint density at radius 1 is 1.27 bits per heavy atom. The van der Waals surface area contributed by atoms with Crippen molar-refractivity contribution in [2.24, 2.45) is 5.73 Å². The molecule has 0 atom stereocenters. The van der Waals surface area contributed by atoms with E-state index in [2.05, 4.69) is 26.0 Å². The monoisotopic (exact) mass is 354 g/mol. The summed E-state index contributed by atoms with van der Waals surface area (Å²) in [4.78, 5) is 7.25. The number of nitrogens with two attached hydrogens (primary N) is 1. The molecule has 7 heteroatoms. The Labute approximate surface area is 153 Å². The van der Waals surface area contributed by atoms with E-state index in [9.17, 15) is 0 Å². The van der Waals surface area contributed by atoms with Crippen LogP contribution in [0.5, 0.6) is 0 Å². The maximum atomic E-state index is 5.67. The number of hydrogen-bond donors (Lipinski definition) is 2. The number of aromatic nitrogens is 3. The highest BCUT2D eigenvalue weighted by molar-refractivity contribution is 5.78. The van der Waals surface area contributed by atoms with Gasteiger partial charge < -0.3 is 25.0 Å². The van der Waals surface area contributed by atoms with Crippen LogP contribution in [-0.2, 0) is 6.54 Å². The summed E-state index contributed by atoms with van der Waals surface area (Å²) in [6.45, 7) is 6.43. The number of hydrogen-bond acceptors (Lipinski definition) is 6. The highest BCUT2D eigenvalue weighted by Gasteiger charge is 2.21. The van der Waals surface area contributed by atoms with Crippen molar-refractivity contribution < 1.29 is 4.52 Å². The molecule has 0 unspecified atom stereocenters. The number of likely N-dealkylation sites (tertiary alicyclic amines) is 1. The van der Waals surface area contributed by atoms with Crippen LogP contribution >= 0.6 is 0 Å². The summed E-state index contributed by atoms with van der Waals surface area (Å²) in [6, 6.07) is 10.6. The van der Waals surface area contributed by atoms with E-state index in [0.29, 0.717) is 12.6 Å². The summed E-state index contributed by atoms with van der Waals surface area (Å²) in [5, 5.41) is 7.66. The van der Waals surface area contributed by atoms with Crippen molar-refractivity contribution in [2.75, 3.05) is 31.5 Å². The minimum Gasteiger partial charge on any atom is -0.359 e. The van der Waals surface area contributed by atoms with Gasteiger partial charge in [0.1, 0.15) is 0 Å². The van der Waals surface area contributed by atoms with E-state index in [-0.39, 0.29) is 0 Å². The second-order valence-corrected chi connectivity index (χ2v) is 6.99. The normalized spacial score (nSPS) is 16.4. The van der Waals surface area contributed by atoms with E-state index in [1.165, 1.54) is 0 Å². The van der Waals surface area contributed by atoms with Gasteiger partial charge in [0.05, 0.1) is 23.3 Å². The fourth-order valence-corrected chi connectivity index (χ4v) is 3.66. The van der Waals surface area contributed by atoms with Crippen LogP contribution in [0, 0.1) is 6.92 Å². The Morgan fingerprint density at radius 2 is 2.08 bits per heavy atom. The second-order valence-electron chi connectivity index (χ2n) is 6.99. The summed E-state index contributed by atoms with van der Waals surface area (Å²) < 4.78 is 7.61. The summed E-state index contributed by atoms with van der Waals surface area (Å²) in [6.07, 6.45) is 2.20. The molecule has 7 nitrogen and oxygen atoms in total. The number of benzene rings is 1. The van der Waals surface area contributed by atoms with Gasteiger partial charge in [-0.15, -0.1) is 0 Å². The first-order chi connectivity index (χ1) is 12.7. The predicted molar refractivity (Wildman–Crippen MR) is 102 cm³/mol. The van der Waals surface area contributed by atoms with Gasteiger partial charge in [0, 0.05) is 38.3 Å². The summed E-state index contributed by atoms with van der Waals surface area (Å²) in [7, 11) is 0. The summed E-state index contributed by atoms with van der Waals surface area (Å²) in [5.74, 6) is 1.74. The van der Waals surface area contributed by atoms with Crippen molar-refractivity contribution >= 4 is 17.0 Å². The van der Waals surface area contributed by atoms with Crippen LogP contribution in [0.3, 0.4) is 0 Å². The second kappa shape index (κ2) is 7.47. The molecule has 1 saturated heterocycles. The highest BCUT2D eigenvalue weighted by atomic mass is 16.5. The average molecular weight is 354 g/mol. The molecule has 0 amide bonds. The quantitative estimate of drug-likeness (QED) is 0.706. The molecule has 1 aliphatic heterocycles. The Bertz CT molecular complexity index is 862. The van der Waals surface area contributed by atoms with Gasteiger partial charge in [-0.1, -0.05) is 17.3 Å². The number of rotatable bonds is 6. The number of nitrogens with one attached hydrogen (secondary N) is 1. The molecular formula is C19H26N6O. The SMILES string of the molecule is Cc1cc(Cn2c(NC3CCN(CCN)CC3)nc3ccccc32)on1. The summed E-state index contributed by atoms with van der Waals surface area (Å²) in [5.41, 5.74) is 8.66. The molecule has 138 valence electrons. The van der Waals surface area contributed by atoms with E-state index < -0.39 is 0 Å². The van der Waals surface area contributed by atoms with Crippen molar-refractivity contribution in [3.8, 4) is 0 Å². The highest BCUT2D eigenvalue weighted by Crippen LogP contribution is 2.24. The minimum absolute atomic E-state index is 0.427. The molecule has 4 rings (SSSR count). The molecule has 0 aliphatic carbocycles. The lowest BCUT2D eigenvalue weighted by molar-refractivity contribution is 0.224. The molecule has 2 aromatic heterocycles. The molecule has 0 spiro atoms. The van der Waals surface area contributed by atoms with Gasteiger partial charge in [-0.25, -0.2) is 4.98 Å². The Kier molecular flexibility index (Phi) is 4.90. The molecule has 3 aromatic rings. The number of anilines is 1. The molecule has 3 heterocycles. The number of aryl methyl sites for hydroxylation is 1. The molecule has 0 bridgehead atoms. The molecule has 1 aromatic carbocycles. The zero-order chi connectivity index (χ0) is 17.9. The van der Waals surface area contributed by atoms with E-state index in [4.69, 9.17) is 15.2 Å². The Morgan fingerprint density at radius 3 is 2.81 bits per heavy atom. The molecule has 26 heavy (non-hydrogen) atoms. The lowest BCUT2D eigenvalue weighted by Gasteiger charge is -2.32. The third-order valence-corrected chi connectivity index (χ3v) is 5.01. The molecule has 0 saturated carbocycles. The van der Waals surface area contributed by atoms with E-state index in [0.717, 1.165) is 67.5 Å². The largest absolute Gasteiger partial charge is 0.359 e. The first kappa shape index (κ1) is 17.1. The third-order valence-electron chi connectivity index (χ3n) is 5.01. The number of nitrogens with zero attached hydrogens (tertiary/aromatic N) is 4. The van der Waals surface area contributed by atoms with E-state index in [1.54, 1.807) is 0 Å². The van der Waals surface area contributed by atoms with Crippen LogP contribution in [0.4, 0.5) is 5.95 Å². The van der Waals surface area contributed by atoms with Gasteiger partial charge in [-0.2, -0.15) is 0 Å². The van der Waals surface area contributed by atoms with Gasteiger partial charge >= 0.3 is 0 Å². The number of para-hydroxylation sites is 2. The first-order valence-electron chi connectivity index (χ1n) is 9.29. The molecule has 1 aliphatic rings. The van der Waals surface area contributed by atoms with E-state index >= 15 is 0 Å². The maximum Gasteiger partial charge on any atom is 0.204 e. The number of fused-ring (bicyclic) bond motifs is 1. The van der Waals surface area contributed by atoms with Gasteiger partial charge in [0.15, 0.2) is 5.76 Å². The van der Waals surface area contributed by atoms with Gasteiger partial charge in [-0.05, 0) is 31.9 Å². The topological polar surface area (TPSA) is 85.1 Å².